The van der Waals surface area contributed by atoms with Crippen LogP contribution in [0.4, 0.5) is 0 Å². The third-order valence-electron chi connectivity index (χ3n) is 4.15. The Labute approximate surface area is 138 Å². The molecular formula is C19H23BO3. The predicted octanol–water partition coefficient (Wildman–Crippen LogP) is 3.66. The van der Waals surface area contributed by atoms with Crippen LogP contribution < -0.4 is 10.2 Å². The number of rotatable bonds is 3. The van der Waals surface area contributed by atoms with E-state index in [0.29, 0.717) is 0 Å². The van der Waals surface area contributed by atoms with E-state index in [-0.39, 0.29) is 11.7 Å². The Morgan fingerprint density at radius 1 is 1.09 bits per heavy atom. The molecule has 4 heteroatoms. The van der Waals surface area contributed by atoms with Crippen LogP contribution in [0.2, 0.25) is 0 Å². The van der Waals surface area contributed by atoms with Gasteiger partial charge in [0.15, 0.2) is 0 Å². The molecule has 2 aromatic carbocycles. The number of hydrogen-bond acceptors (Lipinski definition) is 3. The monoisotopic (exact) mass is 310 g/mol. The lowest BCUT2D eigenvalue weighted by Gasteiger charge is -2.38. The minimum atomic E-state index is -0.410. The molecule has 0 saturated carbocycles. The van der Waals surface area contributed by atoms with Gasteiger partial charge in [-0.1, -0.05) is 42.5 Å². The summed E-state index contributed by atoms with van der Waals surface area (Å²) in [6.07, 6.45) is 1.03. The molecule has 120 valence electrons. The number of hydrogen-bond donors (Lipinski definition) is 0. The van der Waals surface area contributed by atoms with Gasteiger partial charge in [0.1, 0.15) is 5.75 Å². The van der Waals surface area contributed by atoms with Crippen molar-refractivity contribution in [2.24, 2.45) is 0 Å². The van der Waals surface area contributed by atoms with E-state index in [9.17, 15) is 0 Å². The number of benzene rings is 2. The second-order valence-electron chi connectivity index (χ2n) is 6.68. The van der Waals surface area contributed by atoms with E-state index in [1.165, 1.54) is 5.56 Å². The Kier molecular flexibility index (Phi) is 4.47. The van der Waals surface area contributed by atoms with Gasteiger partial charge >= 0.3 is 7.12 Å². The third kappa shape index (κ3) is 3.60. The highest BCUT2D eigenvalue weighted by Gasteiger charge is 2.39. The van der Waals surface area contributed by atoms with Crippen molar-refractivity contribution >= 4 is 12.6 Å². The van der Waals surface area contributed by atoms with Gasteiger partial charge in [-0.05, 0) is 44.4 Å². The molecule has 1 aliphatic rings. The Hall–Kier alpha value is -1.78. The lowest BCUT2D eigenvalue weighted by atomic mass is 9.73. The van der Waals surface area contributed by atoms with Crippen LogP contribution in [0.25, 0.3) is 11.1 Å². The van der Waals surface area contributed by atoms with Gasteiger partial charge in [-0.2, -0.15) is 0 Å². The fourth-order valence-corrected chi connectivity index (χ4v) is 3.18. The molecule has 1 aliphatic heterocycles. The Balaban J connectivity index is 2.00. The molecule has 0 aromatic heterocycles. The molecule has 2 aromatic rings. The van der Waals surface area contributed by atoms with Crippen LogP contribution >= 0.6 is 0 Å². The summed E-state index contributed by atoms with van der Waals surface area (Å²) in [4.78, 5) is 0. The normalized spacial score (nSPS) is 20.3. The first-order chi connectivity index (χ1) is 11.0. The first-order valence-corrected chi connectivity index (χ1v) is 8.05. The summed E-state index contributed by atoms with van der Waals surface area (Å²) >= 11 is 0. The van der Waals surface area contributed by atoms with Crippen molar-refractivity contribution in [2.75, 3.05) is 7.11 Å². The molecule has 1 atom stereocenters. The quantitative estimate of drug-likeness (QED) is 0.810. The first kappa shape index (κ1) is 16.1. The molecule has 1 saturated heterocycles. The summed E-state index contributed by atoms with van der Waals surface area (Å²) in [5, 5.41) is 0. The molecular weight excluding hydrogens is 287 g/mol. The molecule has 3 rings (SSSR count). The Bertz CT molecular complexity index is 670. The summed E-state index contributed by atoms with van der Waals surface area (Å²) in [5.41, 5.74) is 3.02. The van der Waals surface area contributed by atoms with Crippen molar-refractivity contribution in [3.8, 4) is 16.9 Å². The first-order valence-electron chi connectivity index (χ1n) is 8.05. The van der Waals surface area contributed by atoms with Crippen LogP contribution in [0, 0.1) is 0 Å². The number of methoxy groups -OCH3 is 1. The minimum absolute atomic E-state index is 0.147. The van der Waals surface area contributed by atoms with Gasteiger partial charge in [0.25, 0.3) is 0 Å². The molecule has 0 unspecified atom stereocenters. The zero-order valence-electron chi connectivity index (χ0n) is 14.2. The van der Waals surface area contributed by atoms with E-state index in [1.54, 1.807) is 7.11 Å². The fraction of sp³-hybridized carbons (Fsp3) is 0.368. The second-order valence-corrected chi connectivity index (χ2v) is 6.68. The fourth-order valence-electron chi connectivity index (χ4n) is 3.18. The molecule has 3 nitrogen and oxygen atoms in total. The molecule has 23 heavy (non-hydrogen) atoms. The van der Waals surface area contributed by atoms with E-state index in [0.717, 1.165) is 23.2 Å². The maximum atomic E-state index is 6.16. The van der Waals surface area contributed by atoms with E-state index >= 15 is 0 Å². The van der Waals surface area contributed by atoms with Crippen LogP contribution in [0.5, 0.6) is 5.75 Å². The lowest BCUT2D eigenvalue weighted by molar-refractivity contribution is -0.0231. The Morgan fingerprint density at radius 2 is 1.83 bits per heavy atom. The molecule has 0 spiro atoms. The average molecular weight is 310 g/mol. The van der Waals surface area contributed by atoms with Crippen LogP contribution in [0.1, 0.15) is 27.2 Å². The molecule has 0 bridgehead atoms. The van der Waals surface area contributed by atoms with Gasteiger partial charge in [-0.3, -0.25) is 0 Å². The smallest absolute Gasteiger partial charge is 0.497 e. The summed E-state index contributed by atoms with van der Waals surface area (Å²) in [6, 6.07) is 16.4. The van der Waals surface area contributed by atoms with Crippen LogP contribution in [-0.2, 0) is 9.31 Å². The summed E-state index contributed by atoms with van der Waals surface area (Å²) in [5.74, 6) is 0.791. The van der Waals surface area contributed by atoms with Gasteiger partial charge < -0.3 is 14.0 Å². The minimum Gasteiger partial charge on any atom is -0.497 e. The highest BCUT2D eigenvalue weighted by molar-refractivity contribution is 6.62. The second kappa shape index (κ2) is 6.38. The Morgan fingerprint density at radius 3 is 2.48 bits per heavy atom. The van der Waals surface area contributed by atoms with E-state index in [4.69, 9.17) is 14.0 Å². The van der Waals surface area contributed by atoms with Crippen LogP contribution in [-0.4, -0.2) is 25.9 Å². The van der Waals surface area contributed by atoms with Gasteiger partial charge in [-0.15, -0.1) is 0 Å². The standard InChI is InChI=1S/C19H23BO3/c1-14-13-19(2,3)23-20(22-14)17-12-16(10-11-18(17)21-4)15-8-6-5-7-9-15/h5-12,14H,13H2,1-4H3/t14-/m1/s1. The molecule has 1 heterocycles. The maximum absolute atomic E-state index is 6.16. The van der Waals surface area contributed by atoms with E-state index < -0.39 is 7.12 Å². The molecule has 0 amide bonds. The summed E-state index contributed by atoms with van der Waals surface area (Å²) in [6.45, 7) is 6.30. The van der Waals surface area contributed by atoms with Crippen LogP contribution in [0.3, 0.4) is 0 Å². The van der Waals surface area contributed by atoms with E-state index in [1.807, 2.05) is 24.3 Å². The zero-order valence-corrected chi connectivity index (χ0v) is 14.2. The van der Waals surface area contributed by atoms with Crippen molar-refractivity contribution in [1.82, 2.24) is 0 Å². The largest absolute Gasteiger partial charge is 0.498 e. The zero-order chi connectivity index (χ0) is 16.4. The maximum Gasteiger partial charge on any atom is 0.498 e. The van der Waals surface area contributed by atoms with Crippen molar-refractivity contribution in [2.45, 2.75) is 38.9 Å². The highest BCUT2D eigenvalue weighted by Crippen LogP contribution is 2.28. The van der Waals surface area contributed by atoms with Gasteiger partial charge in [-0.25, -0.2) is 0 Å². The summed E-state index contributed by atoms with van der Waals surface area (Å²) in [7, 11) is 1.27. The molecule has 0 N–H and O–H groups in total. The highest BCUT2D eigenvalue weighted by atomic mass is 16.6. The van der Waals surface area contributed by atoms with Crippen molar-refractivity contribution in [3.63, 3.8) is 0 Å². The number of ether oxygens (including phenoxy) is 1. The van der Waals surface area contributed by atoms with Gasteiger partial charge in [0.05, 0.1) is 12.7 Å². The summed E-state index contributed by atoms with van der Waals surface area (Å²) < 4.78 is 17.7. The predicted molar refractivity (Wildman–Crippen MR) is 94.1 cm³/mol. The van der Waals surface area contributed by atoms with Gasteiger partial charge in [0.2, 0.25) is 0 Å². The van der Waals surface area contributed by atoms with Crippen molar-refractivity contribution < 1.29 is 14.0 Å². The van der Waals surface area contributed by atoms with Crippen molar-refractivity contribution in [1.29, 1.82) is 0 Å². The topological polar surface area (TPSA) is 27.7 Å². The van der Waals surface area contributed by atoms with Crippen LogP contribution in [0.15, 0.2) is 48.5 Å². The van der Waals surface area contributed by atoms with Gasteiger partial charge in [0, 0.05) is 11.6 Å². The molecule has 0 radical (unpaired) electrons. The SMILES string of the molecule is COc1ccc(-c2ccccc2)cc1B1O[C@H](C)CC(C)(C)O1. The lowest BCUT2D eigenvalue weighted by Crippen LogP contribution is -2.52. The van der Waals surface area contributed by atoms with Crippen molar-refractivity contribution in [3.05, 3.63) is 48.5 Å². The third-order valence-corrected chi connectivity index (χ3v) is 4.15. The van der Waals surface area contributed by atoms with E-state index in [2.05, 4.69) is 45.0 Å². The average Bonchev–Trinajstić information content (AvgIpc) is 2.53. The molecule has 0 aliphatic carbocycles. The molecule has 1 fully saturated rings.